The quantitative estimate of drug-likeness (QED) is 0.840. The fourth-order valence-corrected chi connectivity index (χ4v) is 3.19. The molecular weight excluding hydrogens is 216 g/mol. The van der Waals surface area contributed by atoms with Gasteiger partial charge < -0.3 is 5.11 Å². The highest BCUT2D eigenvalue weighted by molar-refractivity contribution is 7.19. The average Bonchev–Trinajstić information content (AvgIpc) is 3.02. The minimum atomic E-state index is -0.252. The molecule has 16 heavy (non-hydrogen) atoms. The molecule has 1 nitrogen and oxygen atoms in total. The minimum absolute atomic E-state index is 0.252. The van der Waals surface area contributed by atoms with Crippen molar-refractivity contribution in [3.05, 3.63) is 35.2 Å². The molecule has 0 spiro atoms. The van der Waals surface area contributed by atoms with Gasteiger partial charge in [0.25, 0.3) is 0 Å². The van der Waals surface area contributed by atoms with Crippen LogP contribution in [0.1, 0.15) is 36.7 Å². The SMILES string of the molecule is OC(CCC1CC1)c1cc2ccccc2s1. The largest absolute Gasteiger partial charge is 0.388 e. The Hall–Kier alpha value is -0.860. The number of thiophene rings is 1. The molecule has 1 aliphatic carbocycles. The Morgan fingerprint density at radius 3 is 2.88 bits per heavy atom. The molecule has 1 aromatic carbocycles. The average molecular weight is 232 g/mol. The zero-order valence-corrected chi connectivity index (χ0v) is 10.0. The van der Waals surface area contributed by atoms with Crippen molar-refractivity contribution in [2.45, 2.75) is 31.8 Å². The molecule has 2 heteroatoms. The van der Waals surface area contributed by atoms with Gasteiger partial charge in [-0.05, 0) is 36.3 Å². The summed E-state index contributed by atoms with van der Waals surface area (Å²) in [5.41, 5.74) is 0. The van der Waals surface area contributed by atoms with Crippen LogP contribution in [-0.4, -0.2) is 5.11 Å². The Bertz CT molecular complexity index is 451. The lowest BCUT2D eigenvalue weighted by molar-refractivity contribution is 0.166. The van der Waals surface area contributed by atoms with Crippen molar-refractivity contribution < 1.29 is 5.11 Å². The van der Waals surface area contributed by atoms with E-state index in [0.29, 0.717) is 0 Å². The van der Waals surface area contributed by atoms with Crippen LogP contribution >= 0.6 is 11.3 Å². The summed E-state index contributed by atoms with van der Waals surface area (Å²) in [6.07, 6.45) is 4.61. The van der Waals surface area contributed by atoms with Gasteiger partial charge in [-0.15, -0.1) is 11.3 Å². The van der Waals surface area contributed by atoms with Crippen LogP contribution in [-0.2, 0) is 0 Å². The molecule has 2 aromatic rings. The first-order valence-corrected chi connectivity index (χ1v) is 6.81. The van der Waals surface area contributed by atoms with Crippen LogP contribution < -0.4 is 0 Å². The van der Waals surface area contributed by atoms with Gasteiger partial charge in [-0.3, -0.25) is 0 Å². The molecular formula is C14H16OS. The molecule has 1 atom stereocenters. The van der Waals surface area contributed by atoms with Crippen LogP contribution in [0.5, 0.6) is 0 Å². The van der Waals surface area contributed by atoms with E-state index in [1.54, 1.807) is 11.3 Å². The minimum Gasteiger partial charge on any atom is -0.388 e. The van der Waals surface area contributed by atoms with Gasteiger partial charge in [0.1, 0.15) is 0 Å². The highest BCUT2D eigenvalue weighted by Gasteiger charge is 2.22. The van der Waals surface area contributed by atoms with Crippen LogP contribution in [0.3, 0.4) is 0 Å². The summed E-state index contributed by atoms with van der Waals surface area (Å²) in [4.78, 5) is 1.13. The van der Waals surface area contributed by atoms with Gasteiger partial charge in [0, 0.05) is 9.58 Å². The third kappa shape index (κ3) is 2.13. The molecule has 1 fully saturated rings. The van der Waals surface area contributed by atoms with Crippen molar-refractivity contribution in [2.24, 2.45) is 5.92 Å². The first kappa shape index (κ1) is 10.3. The molecule has 1 N–H and O–H groups in total. The van der Waals surface area contributed by atoms with Gasteiger partial charge >= 0.3 is 0 Å². The third-order valence-electron chi connectivity index (χ3n) is 3.32. The third-order valence-corrected chi connectivity index (χ3v) is 4.54. The van der Waals surface area contributed by atoms with E-state index in [9.17, 15) is 5.11 Å². The second kappa shape index (κ2) is 4.19. The van der Waals surface area contributed by atoms with Crippen molar-refractivity contribution in [1.29, 1.82) is 0 Å². The van der Waals surface area contributed by atoms with Crippen LogP contribution in [0.4, 0.5) is 0 Å². The molecule has 0 saturated heterocycles. The maximum atomic E-state index is 10.1. The van der Waals surface area contributed by atoms with E-state index in [-0.39, 0.29) is 6.10 Å². The first-order valence-electron chi connectivity index (χ1n) is 5.99. The summed E-state index contributed by atoms with van der Waals surface area (Å²) in [5, 5.41) is 11.4. The van der Waals surface area contributed by atoms with Gasteiger partial charge in [-0.1, -0.05) is 31.0 Å². The highest BCUT2D eigenvalue weighted by Crippen LogP contribution is 2.37. The summed E-state index contributed by atoms with van der Waals surface area (Å²) < 4.78 is 1.28. The van der Waals surface area contributed by atoms with Crippen LogP contribution in [0.25, 0.3) is 10.1 Å². The van der Waals surface area contributed by atoms with Crippen molar-refractivity contribution in [3.8, 4) is 0 Å². The molecule has 1 saturated carbocycles. The molecule has 1 aromatic heterocycles. The van der Waals surface area contributed by atoms with Crippen molar-refractivity contribution in [3.63, 3.8) is 0 Å². The number of fused-ring (bicyclic) bond motifs is 1. The van der Waals surface area contributed by atoms with Crippen molar-refractivity contribution in [1.82, 2.24) is 0 Å². The second-order valence-electron chi connectivity index (χ2n) is 4.72. The van der Waals surface area contributed by atoms with Gasteiger partial charge in [0.15, 0.2) is 0 Å². The van der Waals surface area contributed by atoms with Crippen LogP contribution in [0.2, 0.25) is 0 Å². The number of aliphatic hydroxyl groups is 1. The zero-order valence-electron chi connectivity index (χ0n) is 9.23. The Balaban J connectivity index is 1.76. The molecule has 0 amide bonds. The van der Waals surface area contributed by atoms with Gasteiger partial charge in [-0.25, -0.2) is 0 Å². The lowest BCUT2D eigenvalue weighted by Crippen LogP contribution is -1.94. The number of hydrogen-bond acceptors (Lipinski definition) is 2. The monoisotopic (exact) mass is 232 g/mol. The highest BCUT2D eigenvalue weighted by atomic mass is 32.1. The number of rotatable bonds is 4. The fraction of sp³-hybridized carbons (Fsp3) is 0.429. The Kier molecular flexibility index (Phi) is 2.70. The number of benzene rings is 1. The van der Waals surface area contributed by atoms with Crippen molar-refractivity contribution >= 4 is 21.4 Å². The molecule has 84 valence electrons. The summed E-state index contributed by atoms with van der Waals surface area (Å²) in [5.74, 6) is 0.907. The van der Waals surface area contributed by atoms with Gasteiger partial charge in [-0.2, -0.15) is 0 Å². The van der Waals surface area contributed by atoms with Crippen LogP contribution in [0, 0.1) is 5.92 Å². The fourth-order valence-electron chi connectivity index (χ4n) is 2.11. The Morgan fingerprint density at radius 1 is 1.31 bits per heavy atom. The predicted octanol–water partition coefficient (Wildman–Crippen LogP) is 4.12. The van der Waals surface area contributed by atoms with E-state index in [1.165, 1.54) is 29.3 Å². The number of hydrogen-bond donors (Lipinski definition) is 1. The molecule has 0 bridgehead atoms. The van der Waals surface area contributed by atoms with Gasteiger partial charge in [0.05, 0.1) is 6.10 Å². The maximum absolute atomic E-state index is 10.1. The smallest absolute Gasteiger partial charge is 0.0882 e. The summed E-state index contributed by atoms with van der Waals surface area (Å²) in [6, 6.07) is 10.5. The van der Waals surface area contributed by atoms with Crippen molar-refractivity contribution in [2.75, 3.05) is 0 Å². The maximum Gasteiger partial charge on any atom is 0.0882 e. The lowest BCUT2D eigenvalue weighted by Gasteiger charge is -2.06. The van der Waals surface area contributed by atoms with E-state index in [4.69, 9.17) is 0 Å². The Labute approximate surface area is 99.7 Å². The normalized spacial score (nSPS) is 17.8. The second-order valence-corrected chi connectivity index (χ2v) is 5.84. The van der Waals surface area contributed by atoms with E-state index in [1.807, 2.05) is 0 Å². The molecule has 0 radical (unpaired) electrons. The molecule has 1 aliphatic rings. The van der Waals surface area contributed by atoms with Gasteiger partial charge in [0.2, 0.25) is 0 Å². The summed E-state index contributed by atoms with van der Waals surface area (Å²) in [6.45, 7) is 0. The standard InChI is InChI=1S/C14H16OS/c15-12(8-7-10-5-6-10)14-9-11-3-1-2-4-13(11)16-14/h1-4,9-10,12,15H,5-8H2. The summed E-state index contributed by atoms with van der Waals surface area (Å²) in [7, 11) is 0. The molecule has 1 unspecified atom stereocenters. The lowest BCUT2D eigenvalue weighted by atomic mass is 10.1. The predicted molar refractivity (Wildman–Crippen MR) is 68.7 cm³/mol. The zero-order chi connectivity index (χ0) is 11.0. The first-order chi connectivity index (χ1) is 7.83. The molecule has 1 heterocycles. The number of aliphatic hydroxyl groups excluding tert-OH is 1. The summed E-state index contributed by atoms with van der Waals surface area (Å²) >= 11 is 1.73. The van der Waals surface area contributed by atoms with Crippen LogP contribution in [0.15, 0.2) is 30.3 Å². The van der Waals surface area contributed by atoms with E-state index < -0.39 is 0 Å². The van der Waals surface area contributed by atoms with E-state index in [0.717, 1.165) is 17.2 Å². The molecule has 0 aliphatic heterocycles. The van der Waals surface area contributed by atoms with E-state index >= 15 is 0 Å². The van der Waals surface area contributed by atoms with E-state index in [2.05, 4.69) is 30.3 Å². The topological polar surface area (TPSA) is 20.2 Å². The molecule has 3 rings (SSSR count). The Morgan fingerprint density at radius 2 is 2.12 bits per heavy atom.